The molecule has 1 aliphatic heterocycles. The van der Waals surface area contributed by atoms with E-state index in [9.17, 15) is 14.9 Å². The van der Waals surface area contributed by atoms with E-state index in [0.29, 0.717) is 15.9 Å². The first-order valence-electron chi connectivity index (χ1n) is 8.43. The number of nitro groups is 1. The number of hydrogen-bond acceptors (Lipinski definition) is 7. The number of nitro benzene ring substituents is 1. The zero-order valence-electron chi connectivity index (χ0n) is 14.7. The molecule has 0 amide bonds. The highest BCUT2D eigenvalue weighted by Crippen LogP contribution is 2.48. The maximum atomic E-state index is 12.2. The molecule has 8 heteroatoms. The van der Waals surface area contributed by atoms with Crippen molar-refractivity contribution in [1.29, 1.82) is 0 Å². The summed E-state index contributed by atoms with van der Waals surface area (Å²) in [6.45, 7) is 1.47. The molecule has 0 bridgehead atoms. The van der Waals surface area contributed by atoms with Gasteiger partial charge in [0.15, 0.2) is 6.61 Å². The maximum absolute atomic E-state index is 12.2. The lowest BCUT2D eigenvalue weighted by atomic mass is 10.1. The Labute approximate surface area is 165 Å². The Morgan fingerprint density at radius 3 is 2.70 bits per heavy atom. The summed E-state index contributed by atoms with van der Waals surface area (Å²) in [5.74, 6) is 2.37. The molecule has 0 saturated carbocycles. The van der Waals surface area contributed by atoms with Gasteiger partial charge in [0.05, 0.1) is 9.51 Å². The van der Waals surface area contributed by atoms with Crippen molar-refractivity contribution >= 4 is 35.2 Å². The molecule has 142 valence electrons. The van der Waals surface area contributed by atoms with Crippen molar-refractivity contribution in [3.63, 3.8) is 0 Å². The Balaban J connectivity index is 1.59. The summed E-state index contributed by atoms with van der Waals surface area (Å²) in [6.07, 6.45) is -0.600. The normalized spacial score (nSPS) is 15.3. The van der Waals surface area contributed by atoms with Crippen molar-refractivity contribution in [2.45, 2.75) is 17.6 Å². The van der Waals surface area contributed by atoms with Crippen LogP contribution in [0, 0.1) is 10.1 Å². The molecule has 0 unspecified atom stereocenters. The van der Waals surface area contributed by atoms with Crippen LogP contribution in [0.3, 0.4) is 0 Å². The van der Waals surface area contributed by atoms with Crippen LogP contribution in [0.25, 0.3) is 0 Å². The van der Waals surface area contributed by atoms with Crippen molar-refractivity contribution in [2.24, 2.45) is 0 Å². The SMILES string of the molecule is C[C@H](OC(=O)COc1ccccc1C1SCCS1)c1cccc([N+](=O)[O-])c1. The van der Waals surface area contributed by atoms with Crippen molar-refractivity contribution < 1.29 is 19.2 Å². The number of carbonyl (C=O) groups excluding carboxylic acids is 1. The molecule has 1 heterocycles. The second-order valence-corrected chi connectivity index (χ2v) is 8.61. The first-order chi connectivity index (χ1) is 13.0. The number of non-ortho nitro benzene ring substituents is 1. The molecule has 0 aliphatic carbocycles. The van der Waals surface area contributed by atoms with Crippen LogP contribution in [-0.2, 0) is 9.53 Å². The number of ether oxygens (including phenoxy) is 2. The molecular weight excluding hydrogens is 386 g/mol. The average molecular weight is 405 g/mol. The lowest BCUT2D eigenvalue weighted by Crippen LogP contribution is -2.17. The third-order valence-electron chi connectivity index (χ3n) is 4.00. The molecule has 0 aromatic heterocycles. The first kappa shape index (κ1) is 19.6. The smallest absolute Gasteiger partial charge is 0.344 e. The highest BCUT2D eigenvalue weighted by Gasteiger charge is 2.22. The number of benzene rings is 2. The second kappa shape index (κ2) is 9.14. The minimum absolute atomic E-state index is 0.0351. The molecule has 2 aromatic carbocycles. The number of carbonyl (C=O) groups is 1. The summed E-state index contributed by atoms with van der Waals surface area (Å²) < 4.78 is 11.4. The van der Waals surface area contributed by atoms with E-state index in [4.69, 9.17) is 9.47 Å². The van der Waals surface area contributed by atoms with Gasteiger partial charge in [0.25, 0.3) is 5.69 Å². The predicted molar refractivity (Wildman–Crippen MR) is 107 cm³/mol. The summed E-state index contributed by atoms with van der Waals surface area (Å²) in [4.78, 5) is 22.6. The van der Waals surface area contributed by atoms with Gasteiger partial charge in [0.1, 0.15) is 11.9 Å². The minimum Gasteiger partial charge on any atom is -0.482 e. The van der Waals surface area contributed by atoms with Gasteiger partial charge in [-0.05, 0) is 18.6 Å². The molecule has 0 N–H and O–H groups in total. The fourth-order valence-corrected chi connectivity index (χ4v) is 5.58. The Morgan fingerprint density at radius 1 is 1.22 bits per heavy atom. The van der Waals surface area contributed by atoms with Crippen LogP contribution in [0.1, 0.15) is 28.7 Å². The van der Waals surface area contributed by atoms with E-state index < -0.39 is 17.0 Å². The maximum Gasteiger partial charge on any atom is 0.344 e. The topological polar surface area (TPSA) is 78.7 Å². The van der Waals surface area contributed by atoms with Gasteiger partial charge in [-0.15, -0.1) is 23.5 Å². The summed E-state index contributed by atoms with van der Waals surface area (Å²) in [5.41, 5.74) is 1.60. The third kappa shape index (κ3) is 5.17. The van der Waals surface area contributed by atoms with E-state index in [1.807, 2.05) is 47.8 Å². The third-order valence-corrected chi connectivity index (χ3v) is 7.07. The molecule has 3 rings (SSSR count). The van der Waals surface area contributed by atoms with Crippen LogP contribution in [0.5, 0.6) is 5.75 Å². The standard InChI is InChI=1S/C19H19NO5S2/c1-13(14-5-4-6-15(11-14)20(22)23)25-18(21)12-24-17-8-3-2-7-16(17)19-26-9-10-27-19/h2-8,11,13,19H,9-10,12H2,1H3/t13-/m0/s1. The van der Waals surface area contributed by atoms with E-state index in [2.05, 4.69) is 0 Å². The molecule has 1 fully saturated rings. The Bertz CT molecular complexity index is 823. The highest BCUT2D eigenvalue weighted by molar-refractivity contribution is 8.19. The average Bonchev–Trinajstić information content (AvgIpc) is 3.21. The van der Waals surface area contributed by atoms with Gasteiger partial charge >= 0.3 is 5.97 Å². The zero-order chi connectivity index (χ0) is 19.2. The molecule has 27 heavy (non-hydrogen) atoms. The van der Waals surface area contributed by atoms with Gasteiger partial charge in [-0.3, -0.25) is 10.1 Å². The number of para-hydroxylation sites is 1. The predicted octanol–water partition coefficient (Wildman–Crippen LogP) is 4.76. The van der Waals surface area contributed by atoms with Crippen molar-refractivity contribution in [2.75, 3.05) is 18.1 Å². The van der Waals surface area contributed by atoms with Crippen LogP contribution >= 0.6 is 23.5 Å². The number of hydrogen-bond donors (Lipinski definition) is 0. The highest BCUT2D eigenvalue weighted by atomic mass is 32.2. The molecule has 1 saturated heterocycles. The van der Waals surface area contributed by atoms with E-state index >= 15 is 0 Å². The van der Waals surface area contributed by atoms with Crippen molar-refractivity contribution in [1.82, 2.24) is 0 Å². The van der Waals surface area contributed by atoms with Gasteiger partial charge in [-0.1, -0.05) is 30.3 Å². The summed E-state index contributed by atoms with van der Waals surface area (Å²) in [7, 11) is 0. The van der Waals surface area contributed by atoms with Crippen LogP contribution in [-0.4, -0.2) is 29.0 Å². The fourth-order valence-electron chi connectivity index (χ4n) is 2.67. The lowest BCUT2D eigenvalue weighted by Gasteiger charge is -2.16. The summed E-state index contributed by atoms with van der Waals surface area (Å²) in [5, 5.41) is 10.9. The van der Waals surface area contributed by atoms with E-state index in [0.717, 1.165) is 17.1 Å². The summed E-state index contributed by atoms with van der Waals surface area (Å²) >= 11 is 3.73. The number of rotatable bonds is 7. The largest absolute Gasteiger partial charge is 0.482 e. The van der Waals surface area contributed by atoms with Crippen LogP contribution in [0.2, 0.25) is 0 Å². The van der Waals surface area contributed by atoms with Crippen LogP contribution < -0.4 is 4.74 Å². The lowest BCUT2D eigenvalue weighted by molar-refractivity contribution is -0.385. The van der Waals surface area contributed by atoms with Gasteiger partial charge in [0, 0.05) is 29.2 Å². The minimum atomic E-state index is -0.600. The monoisotopic (exact) mass is 405 g/mol. The number of nitrogens with zero attached hydrogens (tertiary/aromatic N) is 1. The molecule has 1 atom stereocenters. The van der Waals surface area contributed by atoms with Crippen molar-refractivity contribution in [3.05, 3.63) is 69.8 Å². The second-order valence-electron chi connectivity index (χ2n) is 5.88. The van der Waals surface area contributed by atoms with E-state index in [-0.39, 0.29) is 12.3 Å². The molecule has 0 radical (unpaired) electrons. The first-order valence-corrected chi connectivity index (χ1v) is 10.5. The molecule has 1 aliphatic rings. The van der Waals surface area contributed by atoms with E-state index in [1.54, 1.807) is 19.1 Å². The molecule has 6 nitrogen and oxygen atoms in total. The number of thioether (sulfide) groups is 2. The Morgan fingerprint density at radius 2 is 1.96 bits per heavy atom. The molecule has 2 aromatic rings. The molecule has 0 spiro atoms. The van der Waals surface area contributed by atoms with Gasteiger partial charge < -0.3 is 9.47 Å². The Kier molecular flexibility index (Phi) is 6.63. The quantitative estimate of drug-likeness (QED) is 0.373. The zero-order valence-corrected chi connectivity index (χ0v) is 16.3. The summed E-state index contributed by atoms with van der Waals surface area (Å²) in [6, 6.07) is 13.8. The van der Waals surface area contributed by atoms with Crippen molar-refractivity contribution in [3.8, 4) is 5.75 Å². The fraction of sp³-hybridized carbons (Fsp3) is 0.316. The Hall–Kier alpha value is -2.19. The van der Waals surface area contributed by atoms with Gasteiger partial charge in [0.2, 0.25) is 0 Å². The van der Waals surface area contributed by atoms with Crippen LogP contribution in [0.15, 0.2) is 48.5 Å². The number of esters is 1. The van der Waals surface area contributed by atoms with Gasteiger partial charge in [-0.25, -0.2) is 4.79 Å². The van der Waals surface area contributed by atoms with Gasteiger partial charge in [-0.2, -0.15) is 0 Å². The van der Waals surface area contributed by atoms with E-state index in [1.165, 1.54) is 12.1 Å². The molecular formula is C19H19NO5S2. The van der Waals surface area contributed by atoms with Crippen LogP contribution in [0.4, 0.5) is 5.69 Å².